The van der Waals surface area contributed by atoms with E-state index in [4.69, 9.17) is 9.97 Å². The van der Waals surface area contributed by atoms with Gasteiger partial charge in [0.05, 0.1) is 0 Å². The molecule has 1 aromatic heterocycles. The molecule has 4 heterocycles. The number of anilines is 1. The van der Waals surface area contributed by atoms with Crippen LogP contribution in [0.5, 0.6) is 0 Å². The number of hydrogen-bond donors (Lipinski definition) is 0. The topological polar surface area (TPSA) is 38.7 Å². The van der Waals surface area contributed by atoms with E-state index in [0.717, 1.165) is 37.5 Å². The second-order valence-electron chi connectivity index (χ2n) is 10.9. The Balaban J connectivity index is 1.31. The highest BCUT2D eigenvalue weighted by molar-refractivity contribution is 5.36. The van der Waals surface area contributed by atoms with Crippen molar-refractivity contribution in [3.05, 3.63) is 18.0 Å². The molecule has 31 heavy (non-hydrogen) atoms. The average Bonchev–Trinajstić information content (AvgIpc) is 2.73. The summed E-state index contributed by atoms with van der Waals surface area (Å²) in [5.41, 5.74) is 1.25. The number of piperidine rings is 2. The number of piperazine rings is 1. The van der Waals surface area contributed by atoms with E-state index in [2.05, 4.69) is 66.7 Å². The Morgan fingerprint density at radius 2 is 1.58 bits per heavy atom. The molecule has 1 aromatic rings. The highest BCUT2D eigenvalue weighted by Gasteiger charge is 2.39. The van der Waals surface area contributed by atoms with Gasteiger partial charge < -0.3 is 9.80 Å². The van der Waals surface area contributed by atoms with Crippen LogP contribution >= 0.6 is 0 Å². The molecule has 2 bridgehead atoms. The number of rotatable bonds is 7. The summed E-state index contributed by atoms with van der Waals surface area (Å²) < 4.78 is 0. The summed E-state index contributed by atoms with van der Waals surface area (Å²) in [6, 6.07) is 2.51. The Labute approximate surface area is 190 Å². The van der Waals surface area contributed by atoms with Gasteiger partial charge >= 0.3 is 0 Å². The van der Waals surface area contributed by atoms with Crippen molar-refractivity contribution in [2.24, 2.45) is 5.92 Å². The van der Waals surface area contributed by atoms with Crippen molar-refractivity contribution < 1.29 is 0 Å². The molecule has 0 spiro atoms. The highest BCUT2D eigenvalue weighted by atomic mass is 15.4. The van der Waals surface area contributed by atoms with E-state index in [9.17, 15) is 0 Å². The average molecular weight is 429 g/mol. The van der Waals surface area contributed by atoms with Crippen molar-refractivity contribution in [2.45, 2.75) is 90.5 Å². The summed E-state index contributed by atoms with van der Waals surface area (Å²) in [5, 5.41) is 0. The van der Waals surface area contributed by atoms with E-state index in [0.29, 0.717) is 18.1 Å². The minimum atomic E-state index is 0.572. The number of fused-ring (bicyclic) bond motifs is 2. The SMILES string of the molecule is CC(C)CN(C)C1CCN(Cc2cnc(N3C4CCCC3CN(C(C)C)C4)nc2)CC1. The minimum Gasteiger partial charge on any atom is -0.332 e. The van der Waals surface area contributed by atoms with Crippen LogP contribution in [0.3, 0.4) is 0 Å². The predicted molar refractivity (Wildman–Crippen MR) is 128 cm³/mol. The summed E-state index contributed by atoms with van der Waals surface area (Å²) in [6.45, 7) is 16.1. The van der Waals surface area contributed by atoms with Gasteiger partial charge in [0.2, 0.25) is 5.95 Å². The zero-order chi connectivity index (χ0) is 22.0. The molecular weight excluding hydrogens is 384 g/mol. The monoisotopic (exact) mass is 428 g/mol. The quantitative estimate of drug-likeness (QED) is 0.662. The second kappa shape index (κ2) is 10.1. The predicted octanol–water partition coefficient (Wildman–Crippen LogP) is 3.48. The third kappa shape index (κ3) is 5.58. The first-order valence-electron chi connectivity index (χ1n) is 12.7. The van der Waals surface area contributed by atoms with E-state index in [1.165, 1.54) is 57.3 Å². The molecule has 0 aliphatic carbocycles. The maximum Gasteiger partial charge on any atom is 0.225 e. The smallest absolute Gasteiger partial charge is 0.225 e. The summed E-state index contributed by atoms with van der Waals surface area (Å²) in [6.07, 6.45) is 10.6. The molecular formula is C25H44N6. The number of aromatic nitrogens is 2. The molecule has 3 saturated heterocycles. The summed E-state index contributed by atoms with van der Waals surface area (Å²) in [5.74, 6) is 1.70. The number of hydrogen-bond acceptors (Lipinski definition) is 6. The number of nitrogens with zero attached hydrogens (tertiary/aromatic N) is 6. The van der Waals surface area contributed by atoms with Gasteiger partial charge in [0.15, 0.2) is 0 Å². The maximum absolute atomic E-state index is 4.86. The van der Waals surface area contributed by atoms with Gasteiger partial charge in [-0.1, -0.05) is 13.8 Å². The van der Waals surface area contributed by atoms with Crippen LogP contribution in [-0.4, -0.2) is 88.6 Å². The van der Waals surface area contributed by atoms with Gasteiger partial charge in [-0.3, -0.25) is 9.80 Å². The van der Waals surface area contributed by atoms with Crippen LogP contribution in [0.4, 0.5) is 5.95 Å². The Morgan fingerprint density at radius 1 is 0.968 bits per heavy atom. The summed E-state index contributed by atoms with van der Waals surface area (Å²) in [7, 11) is 2.29. The lowest BCUT2D eigenvalue weighted by Crippen LogP contribution is -2.62. The Kier molecular flexibility index (Phi) is 7.50. The zero-order valence-corrected chi connectivity index (χ0v) is 20.5. The normalized spacial score (nSPS) is 26.4. The first kappa shape index (κ1) is 22.9. The van der Waals surface area contributed by atoms with Crippen LogP contribution in [0.25, 0.3) is 0 Å². The number of likely N-dealkylation sites (tertiary alicyclic amines) is 2. The fourth-order valence-corrected chi connectivity index (χ4v) is 5.95. The van der Waals surface area contributed by atoms with Crippen LogP contribution in [0, 0.1) is 5.92 Å². The van der Waals surface area contributed by atoms with E-state index in [1.807, 2.05) is 0 Å². The summed E-state index contributed by atoms with van der Waals surface area (Å²) in [4.78, 5) is 20.0. The van der Waals surface area contributed by atoms with Gasteiger partial charge in [-0.25, -0.2) is 9.97 Å². The summed E-state index contributed by atoms with van der Waals surface area (Å²) >= 11 is 0. The molecule has 0 N–H and O–H groups in total. The molecule has 3 aliphatic heterocycles. The first-order chi connectivity index (χ1) is 14.9. The van der Waals surface area contributed by atoms with Crippen molar-refractivity contribution in [2.75, 3.05) is 44.7 Å². The Hall–Kier alpha value is -1.24. The standard InChI is InChI=1S/C25H44N6/c1-19(2)15-28(5)22-9-11-29(12-10-22)16-21-13-26-25(27-14-21)31-23-7-6-8-24(31)18-30(17-23)20(3)4/h13-14,19-20,22-24H,6-12,15-18H2,1-5H3. The van der Waals surface area contributed by atoms with Gasteiger partial charge in [-0.2, -0.15) is 0 Å². The fourth-order valence-electron chi connectivity index (χ4n) is 5.95. The van der Waals surface area contributed by atoms with Gasteiger partial charge in [0, 0.05) is 68.3 Å². The molecule has 0 radical (unpaired) electrons. The molecule has 2 atom stereocenters. The lowest BCUT2D eigenvalue weighted by Gasteiger charge is -2.51. The Morgan fingerprint density at radius 3 is 2.13 bits per heavy atom. The van der Waals surface area contributed by atoms with Crippen LogP contribution in [-0.2, 0) is 6.54 Å². The van der Waals surface area contributed by atoms with Crippen molar-refractivity contribution in [1.29, 1.82) is 0 Å². The largest absolute Gasteiger partial charge is 0.332 e. The zero-order valence-electron chi connectivity index (χ0n) is 20.5. The fraction of sp³-hybridized carbons (Fsp3) is 0.840. The molecule has 0 amide bonds. The third-order valence-electron chi connectivity index (χ3n) is 7.64. The van der Waals surface area contributed by atoms with Crippen molar-refractivity contribution in [3.8, 4) is 0 Å². The third-order valence-corrected chi connectivity index (χ3v) is 7.64. The second-order valence-corrected chi connectivity index (χ2v) is 10.9. The van der Waals surface area contributed by atoms with Gasteiger partial charge in [-0.05, 0) is 72.0 Å². The van der Waals surface area contributed by atoms with E-state index < -0.39 is 0 Å². The van der Waals surface area contributed by atoms with Gasteiger partial charge in [0.25, 0.3) is 0 Å². The molecule has 0 aromatic carbocycles. The molecule has 0 saturated carbocycles. The van der Waals surface area contributed by atoms with E-state index >= 15 is 0 Å². The molecule has 6 heteroatoms. The Bertz CT molecular complexity index is 668. The molecule has 3 aliphatic rings. The van der Waals surface area contributed by atoms with Crippen LogP contribution in [0.1, 0.15) is 65.4 Å². The minimum absolute atomic E-state index is 0.572. The van der Waals surface area contributed by atoms with E-state index in [1.54, 1.807) is 0 Å². The highest BCUT2D eigenvalue weighted by Crippen LogP contribution is 2.32. The van der Waals surface area contributed by atoms with Gasteiger partial charge in [-0.15, -0.1) is 0 Å². The lowest BCUT2D eigenvalue weighted by atomic mass is 9.91. The van der Waals surface area contributed by atoms with Crippen LogP contribution in [0.2, 0.25) is 0 Å². The molecule has 6 nitrogen and oxygen atoms in total. The van der Waals surface area contributed by atoms with E-state index in [-0.39, 0.29) is 0 Å². The molecule has 2 unspecified atom stereocenters. The first-order valence-corrected chi connectivity index (χ1v) is 12.7. The van der Waals surface area contributed by atoms with Crippen LogP contribution in [0.15, 0.2) is 12.4 Å². The molecule has 174 valence electrons. The van der Waals surface area contributed by atoms with Gasteiger partial charge in [0.1, 0.15) is 0 Å². The van der Waals surface area contributed by atoms with Crippen molar-refractivity contribution in [1.82, 2.24) is 24.7 Å². The van der Waals surface area contributed by atoms with Crippen LogP contribution < -0.4 is 4.90 Å². The maximum atomic E-state index is 4.86. The molecule has 4 rings (SSSR count). The van der Waals surface area contributed by atoms with Crippen molar-refractivity contribution >= 4 is 5.95 Å². The lowest BCUT2D eigenvalue weighted by molar-refractivity contribution is 0.115. The van der Waals surface area contributed by atoms with Crippen molar-refractivity contribution in [3.63, 3.8) is 0 Å². The molecule has 3 fully saturated rings.